The molecule has 5 nitrogen and oxygen atoms in total. The molecule has 1 aliphatic rings. The van der Waals surface area contributed by atoms with E-state index in [1.165, 1.54) is 11.3 Å². The van der Waals surface area contributed by atoms with Crippen LogP contribution < -0.4 is 0 Å². The van der Waals surface area contributed by atoms with Crippen LogP contribution in [0, 0.1) is 0 Å². The molecule has 1 saturated carbocycles. The molecular formula is C12H9ClN4OS. The number of aromatic hydroxyl groups is 1. The lowest BCUT2D eigenvalue weighted by Gasteiger charge is -2.00. The molecule has 1 aromatic carbocycles. The highest BCUT2D eigenvalue weighted by atomic mass is 35.5. The Kier molecular flexibility index (Phi) is 2.31. The van der Waals surface area contributed by atoms with Gasteiger partial charge in [-0.3, -0.25) is 0 Å². The van der Waals surface area contributed by atoms with Crippen molar-refractivity contribution in [3.8, 4) is 16.3 Å². The van der Waals surface area contributed by atoms with Crippen LogP contribution in [-0.4, -0.2) is 24.9 Å². The Morgan fingerprint density at radius 2 is 2.16 bits per heavy atom. The van der Waals surface area contributed by atoms with Crippen molar-refractivity contribution in [1.82, 2.24) is 19.8 Å². The zero-order valence-electron chi connectivity index (χ0n) is 9.75. The first-order valence-electron chi connectivity index (χ1n) is 5.93. The van der Waals surface area contributed by atoms with Crippen LogP contribution in [0.1, 0.15) is 24.6 Å². The van der Waals surface area contributed by atoms with E-state index in [4.69, 9.17) is 11.6 Å². The first-order valence-corrected chi connectivity index (χ1v) is 7.13. The molecule has 0 radical (unpaired) electrons. The van der Waals surface area contributed by atoms with E-state index in [0.29, 0.717) is 21.5 Å². The summed E-state index contributed by atoms with van der Waals surface area (Å²) in [4.78, 5) is 0.747. The standard InChI is InChI=1S/C12H9ClN4OS/c13-7-3-4-9(18)8(5-7)11-16-17-10(6-1-2-6)14-15-12(17)19-11/h3-6,18H,1-2H2. The maximum Gasteiger partial charge on any atom is 0.234 e. The molecule has 96 valence electrons. The van der Waals surface area contributed by atoms with E-state index in [9.17, 15) is 5.11 Å². The van der Waals surface area contributed by atoms with Crippen molar-refractivity contribution in [2.45, 2.75) is 18.8 Å². The molecule has 19 heavy (non-hydrogen) atoms. The third-order valence-electron chi connectivity index (χ3n) is 3.15. The molecule has 1 fully saturated rings. The number of nitrogens with zero attached hydrogens (tertiary/aromatic N) is 4. The largest absolute Gasteiger partial charge is 0.507 e. The van der Waals surface area contributed by atoms with Gasteiger partial charge in [0, 0.05) is 10.9 Å². The second-order valence-corrected chi connectivity index (χ2v) is 5.99. The zero-order valence-corrected chi connectivity index (χ0v) is 11.3. The van der Waals surface area contributed by atoms with Crippen molar-refractivity contribution >= 4 is 27.9 Å². The summed E-state index contributed by atoms with van der Waals surface area (Å²) in [5.74, 6) is 1.57. The topological polar surface area (TPSA) is 63.3 Å². The van der Waals surface area contributed by atoms with Crippen LogP contribution in [0.5, 0.6) is 5.75 Å². The van der Waals surface area contributed by atoms with Crippen molar-refractivity contribution in [2.24, 2.45) is 0 Å². The molecule has 0 atom stereocenters. The number of benzene rings is 1. The van der Waals surface area contributed by atoms with Gasteiger partial charge in [0.15, 0.2) is 10.8 Å². The van der Waals surface area contributed by atoms with Crippen LogP contribution in [0.15, 0.2) is 18.2 Å². The minimum Gasteiger partial charge on any atom is -0.507 e. The van der Waals surface area contributed by atoms with E-state index in [0.717, 1.165) is 23.6 Å². The summed E-state index contributed by atoms with van der Waals surface area (Å²) in [5.41, 5.74) is 0.629. The number of hydrogen-bond donors (Lipinski definition) is 1. The molecule has 4 rings (SSSR count). The Balaban J connectivity index is 1.88. The molecule has 3 aromatic rings. The zero-order chi connectivity index (χ0) is 13.0. The van der Waals surface area contributed by atoms with Gasteiger partial charge < -0.3 is 5.11 Å². The molecule has 0 unspecified atom stereocenters. The van der Waals surface area contributed by atoms with E-state index in [1.54, 1.807) is 22.7 Å². The Bertz CT molecular complexity index is 777. The molecular weight excluding hydrogens is 284 g/mol. The van der Waals surface area contributed by atoms with Gasteiger partial charge in [-0.1, -0.05) is 22.9 Å². The van der Waals surface area contributed by atoms with Crippen molar-refractivity contribution in [3.05, 3.63) is 29.0 Å². The Labute approximate surface area is 117 Å². The number of halogens is 1. The van der Waals surface area contributed by atoms with Crippen molar-refractivity contribution in [3.63, 3.8) is 0 Å². The highest BCUT2D eigenvalue weighted by Crippen LogP contribution is 2.40. The molecule has 0 spiro atoms. The van der Waals surface area contributed by atoms with E-state index in [1.807, 2.05) is 0 Å². The van der Waals surface area contributed by atoms with Crippen LogP contribution >= 0.6 is 22.9 Å². The molecule has 2 aromatic heterocycles. The molecule has 0 saturated heterocycles. The van der Waals surface area contributed by atoms with Crippen LogP contribution in [0.25, 0.3) is 15.5 Å². The fourth-order valence-electron chi connectivity index (χ4n) is 2.02. The first-order chi connectivity index (χ1) is 9.22. The van der Waals surface area contributed by atoms with Gasteiger partial charge in [-0.25, -0.2) is 0 Å². The quantitative estimate of drug-likeness (QED) is 0.788. The van der Waals surface area contributed by atoms with Crippen LogP contribution in [0.2, 0.25) is 5.02 Å². The van der Waals surface area contributed by atoms with Crippen molar-refractivity contribution in [2.75, 3.05) is 0 Å². The number of fused-ring (bicyclic) bond motifs is 1. The number of rotatable bonds is 2. The maximum atomic E-state index is 9.90. The SMILES string of the molecule is Oc1ccc(Cl)cc1-c1nn2c(C3CC3)nnc2s1. The van der Waals surface area contributed by atoms with Crippen molar-refractivity contribution in [1.29, 1.82) is 0 Å². The van der Waals surface area contributed by atoms with Gasteiger partial charge in [0.1, 0.15) is 5.75 Å². The summed E-state index contributed by atoms with van der Waals surface area (Å²) in [7, 11) is 0. The van der Waals surface area contributed by atoms with E-state index >= 15 is 0 Å². The number of phenolic OH excluding ortho intramolecular Hbond substituents is 1. The van der Waals surface area contributed by atoms with E-state index < -0.39 is 0 Å². The van der Waals surface area contributed by atoms with Gasteiger partial charge in [0.05, 0.1) is 5.56 Å². The monoisotopic (exact) mass is 292 g/mol. The highest BCUT2D eigenvalue weighted by molar-refractivity contribution is 7.19. The highest BCUT2D eigenvalue weighted by Gasteiger charge is 2.30. The minimum absolute atomic E-state index is 0.169. The molecule has 1 N–H and O–H groups in total. The molecule has 1 aliphatic carbocycles. The predicted molar refractivity (Wildman–Crippen MR) is 72.7 cm³/mol. The van der Waals surface area contributed by atoms with E-state index in [-0.39, 0.29) is 5.75 Å². The van der Waals surface area contributed by atoms with Crippen LogP contribution in [0.4, 0.5) is 0 Å². The lowest BCUT2D eigenvalue weighted by Crippen LogP contribution is -1.93. The minimum atomic E-state index is 0.169. The smallest absolute Gasteiger partial charge is 0.234 e. The van der Waals surface area contributed by atoms with Crippen LogP contribution in [0.3, 0.4) is 0 Å². The van der Waals surface area contributed by atoms with Gasteiger partial charge in [-0.05, 0) is 31.0 Å². The molecule has 2 heterocycles. The fraction of sp³-hybridized carbons (Fsp3) is 0.250. The number of hydrogen-bond acceptors (Lipinski definition) is 5. The van der Waals surface area contributed by atoms with Gasteiger partial charge in [-0.15, -0.1) is 10.2 Å². The fourth-order valence-corrected chi connectivity index (χ4v) is 3.06. The van der Waals surface area contributed by atoms with Gasteiger partial charge in [-0.2, -0.15) is 9.61 Å². The molecule has 7 heteroatoms. The first kappa shape index (κ1) is 11.2. The van der Waals surface area contributed by atoms with Crippen molar-refractivity contribution < 1.29 is 5.11 Å². The summed E-state index contributed by atoms with van der Waals surface area (Å²) >= 11 is 7.36. The predicted octanol–water partition coefficient (Wildman–Crippen LogP) is 3.09. The molecule has 0 amide bonds. The average Bonchev–Trinajstić information content (AvgIpc) is 3.01. The van der Waals surface area contributed by atoms with Crippen LogP contribution in [-0.2, 0) is 0 Å². The molecule has 0 bridgehead atoms. The average molecular weight is 293 g/mol. The second kappa shape index (κ2) is 3.91. The normalized spacial score (nSPS) is 15.2. The Morgan fingerprint density at radius 1 is 1.32 bits per heavy atom. The third-order valence-corrected chi connectivity index (χ3v) is 4.31. The number of phenols is 1. The Morgan fingerprint density at radius 3 is 2.95 bits per heavy atom. The third kappa shape index (κ3) is 1.79. The lowest BCUT2D eigenvalue weighted by molar-refractivity contribution is 0.477. The van der Waals surface area contributed by atoms with Gasteiger partial charge in [0.25, 0.3) is 0 Å². The van der Waals surface area contributed by atoms with Gasteiger partial charge in [0.2, 0.25) is 4.96 Å². The maximum absolute atomic E-state index is 9.90. The summed E-state index contributed by atoms with van der Waals surface area (Å²) in [5, 5.41) is 24.0. The summed E-state index contributed by atoms with van der Waals surface area (Å²) in [6.07, 6.45) is 2.30. The molecule has 0 aliphatic heterocycles. The summed E-state index contributed by atoms with van der Waals surface area (Å²) in [6.45, 7) is 0. The van der Waals surface area contributed by atoms with Gasteiger partial charge >= 0.3 is 0 Å². The van der Waals surface area contributed by atoms with E-state index in [2.05, 4.69) is 15.3 Å². The summed E-state index contributed by atoms with van der Waals surface area (Å²) in [6, 6.07) is 4.93. The summed E-state index contributed by atoms with van der Waals surface area (Å²) < 4.78 is 1.78. The second-order valence-electron chi connectivity index (χ2n) is 4.60. The number of aromatic nitrogens is 4. The Hall–Kier alpha value is -1.66. The lowest BCUT2D eigenvalue weighted by atomic mass is 10.2.